The van der Waals surface area contributed by atoms with Crippen LogP contribution in [-0.2, 0) is 0 Å². The summed E-state index contributed by atoms with van der Waals surface area (Å²) in [6.07, 6.45) is -1.60. The molecule has 0 aliphatic heterocycles. The van der Waals surface area contributed by atoms with Gasteiger partial charge in [0.05, 0.1) is 0 Å². The summed E-state index contributed by atoms with van der Waals surface area (Å²) in [5.41, 5.74) is 0. The summed E-state index contributed by atoms with van der Waals surface area (Å²) in [5.74, 6) is 0. The van der Waals surface area contributed by atoms with E-state index in [1.165, 1.54) is 0 Å². The van der Waals surface area contributed by atoms with E-state index in [1.807, 2.05) is 0 Å². The second-order valence-electron chi connectivity index (χ2n) is 2.12. The molecule has 0 saturated heterocycles. The molecule has 0 radical (unpaired) electrons. The van der Waals surface area contributed by atoms with Gasteiger partial charge in [-0.05, 0) is 0 Å². The first kappa shape index (κ1) is 25.2. The van der Waals surface area contributed by atoms with Crippen LogP contribution >= 0.6 is 7.28 Å². The molecular formula is C4H10Na3O5P. The van der Waals surface area contributed by atoms with Crippen LogP contribution in [0, 0.1) is 0 Å². The predicted molar refractivity (Wildman–Crippen MR) is 30.8 cm³/mol. The molecule has 0 aromatic carbocycles. The first-order valence-corrected chi connectivity index (χ1v) is 5.17. The molecule has 13 heavy (non-hydrogen) atoms. The van der Waals surface area contributed by atoms with Crippen LogP contribution < -0.4 is 103 Å². The normalized spacial score (nSPS) is 12.5. The second-order valence-corrected chi connectivity index (χ2v) is 5.45. The Morgan fingerprint density at radius 1 is 0.769 bits per heavy atom. The van der Waals surface area contributed by atoms with E-state index in [4.69, 9.17) is 10.2 Å². The van der Waals surface area contributed by atoms with Gasteiger partial charge in [-0.2, -0.15) is 0 Å². The van der Waals surface area contributed by atoms with Crippen molar-refractivity contribution >= 4 is 7.28 Å². The van der Waals surface area contributed by atoms with Crippen molar-refractivity contribution in [1.29, 1.82) is 0 Å². The molecule has 0 spiro atoms. The number of hydrogen-bond donors (Lipinski definition) is 2. The quantitative estimate of drug-likeness (QED) is 0.373. The average molecular weight is 238 g/mol. The fraction of sp³-hybridized carbons (Fsp3) is 1.00. The first-order chi connectivity index (χ1) is 4.39. The molecule has 0 fully saturated rings. The molecule has 0 atom stereocenters. The number of rotatable bonds is 4. The minimum absolute atomic E-state index is 0. The fourth-order valence-corrected chi connectivity index (χ4v) is 1.49. The van der Waals surface area contributed by atoms with Gasteiger partial charge >= 0.3 is 146 Å². The summed E-state index contributed by atoms with van der Waals surface area (Å²) in [6, 6.07) is 0. The van der Waals surface area contributed by atoms with Crippen LogP contribution in [0.25, 0.3) is 0 Å². The maximum absolute atomic E-state index is 10.6. The summed E-state index contributed by atoms with van der Waals surface area (Å²) in [6.45, 7) is -1.37. The molecule has 0 unspecified atom stereocenters. The van der Waals surface area contributed by atoms with Crippen molar-refractivity contribution in [3.63, 3.8) is 0 Å². The molecule has 0 aromatic heterocycles. The van der Waals surface area contributed by atoms with Crippen molar-refractivity contribution in [2.45, 2.75) is 0 Å². The van der Waals surface area contributed by atoms with Gasteiger partial charge in [-0.3, -0.25) is 0 Å². The fourth-order valence-electron chi connectivity index (χ4n) is 0.498. The standard InChI is InChI=1S/C4H10O5P.3Na/c5-1-3-10(7,8,9)4-2-6;;;/h5-6H,1-4H2;;;/q-3;3*+1. The topological polar surface area (TPSA) is 110 Å². The molecule has 0 amide bonds. The van der Waals surface area contributed by atoms with Gasteiger partial charge < -0.3 is 0 Å². The third-order valence-electron chi connectivity index (χ3n) is 1.06. The molecule has 0 saturated carbocycles. The van der Waals surface area contributed by atoms with Gasteiger partial charge in [0.2, 0.25) is 0 Å². The number of aliphatic hydroxyl groups excluding tert-OH is 2. The molecule has 2 N–H and O–H groups in total. The van der Waals surface area contributed by atoms with Gasteiger partial charge in [0.1, 0.15) is 0 Å². The van der Waals surface area contributed by atoms with E-state index in [0.29, 0.717) is 0 Å². The van der Waals surface area contributed by atoms with Crippen molar-refractivity contribution in [1.82, 2.24) is 0 Å². The zero-order valence-corrected chi connectivity index (χ0v) is 15.3. The Hall–Kier alpha value is 3.23. The van der Waals surface area contributed by atoms with Crippen molar-refractivity contribution in [3.8, 4) is 0 Å². The third kappa shape index (κ3) is 15.2. The number of hydrogen-bond acceptors (Lipinski definition) is 5. The molecular weight excluding hydrogens is 228 g/mol. The van der Waals surface area contributed by atoms with Gasteiger partial charge in [0, 0.05) is 0 Å². The van der Waals surface area contributed by atoms with Crippen LogP contribution in [0.4, 0.5) is 0 Å². The van der Waals surface area contributed by atoms with Crippen molar-refractivity contribution in [2.24, 2.45) is 0 Å². The molecule has 0 bridgehead atoms. The molecule has 0 aliphatic rings. The van der Waals surface area contributed by atoms with Gasteiger partial charge in [0.25, 0.3) is 0 Å². The van der Waals surface area contributed by atoms with E-state index in [0.717, 1.165) is 0 Å². The molecule has 64 valence electrons. The van der Waals surface area contributed by atoms with Crippen molar-refractivity contribution in [2.75, 3.05) is 25.5 Å². The summed E-state index contributed by atoms with van der Waals surface area (Å²) in [5, 5.41) is 16.3. The van der Waals surface area contributed by atoms with E-state index in [1.54, 1.807) is 0 Å². The molecule has 0 rings (SSSR count). The third-order valence-corrected chi connectivity index (χ3v) is 3.19. The molecule has 0 heterocycles. The van der Waals surface area contributed by atoms with Gasteiger partial charge in [0.15, 0.2) is 0 Å². The first-order valence-electron chi connectivity index (χ1n) is 2.81. The summed E-state index contributed by atoms with van der Waals surface area (Å²) >= 11 is 0. The maximum atomic E-state index is 10.6. The van der Waals surface area contributed by atoms with E-state index < -0.39 is 32.8 Å². The van der Waals surface area contributed by atoms with Gasteiger partial charge in [-0.25, -0.2) is 0 Å². The van der Waals surface area contributed by atoms with Crippen LogP contribution in [-0.4, -0.2) is 35.8 Å². The van der Waals surface area contributed by atoms with E-state index in [9.17, 15) is 14.7 Å². The van der Waals surface area contributed by atoms with Gasteiger partial charge in [-0.15, -0.1) is 0 Å². The van der Waals surface area contributed by atoms with E-state index >= 15 is 0 Å². The number of aliphatic hydroxyl groups is 2. The van der Waals surface area contributed by atoms with Crippen LogP contribution in [0.1, 0.15) is 0 Å². The van der Waals surface area contributed by atoms with Crippen LogP contribution in [0.15, 0.2) is 0 Å². The van der Waals surface area contributed by atoms with E-state index in [-0.39, 0.29) is 88.7 Å². The van der Waals surface area contributed by atoms with E-state index in [2.05, 4.69) is 0 Å². The SMILES string of the molecule is [Na+].[Na+].[Na+].[O-]P([O-])([O-])(CCO)CCO. The van der Waals surface area contributed by atoms with Crippen molar-refractivity contribution < 1.29 is 114 Å². The Morgan fingerprint density at radius 3 is 1.15 bits per heavy atom. The Kier molecular flexibility index (Phi) is 20.1. The minimum atomic E-state index is -5.41. The van der Waals surface area contributed by atoms with Crippen LogP contribution in [0.5, 0.6) is 0 Å². The zero-order valence-electron chi connectivity index (χ0n) is 8.39. The van der Waals surface area contributed by atoms with Crippen molar-refractivity contribution in [3.05, 3.63) is 0 Å². The molecule has 5 nitrogen and oxygen atoms in total. The Balaban J connectivity index is -0.000000135. The predicted octanol–water partition coefficient (Wildman–Crippen LogP) is -12.6. The Labute approximate surface area is 144 Å². The summed E-state index contributed by atoms with van der Waals surface area (Å²) in [7, 11) is -5.41. The Bertz CT molecular complexity index is 106. The monoisotopic (exact) mass is 238 g/mol. The van der Waals surface area contributed by atoms with Crippen LogP contribution in [0.2, 0.25) is 0 Å². The second kappa shape index (κ2) is 10.4. The molecule has 0 aliphatic carbocycles. The molecule has 0 aromatic rings. The zero-order chi connectivity index (χ0) is 8.28. The summed E-state index contributed by atoms with van der Waals surface area (Å²) in [4.78, 5) is 31.7. The van der Waals surface area contributed by atoms with Crippen LogP contribution in [0.3, 0.4) is 0 Å². The van der Waals surface area contributed by atoms with Gasteiger partial charge in [-0.1, -0.05) is 0 Å². The molecule has 9 heteroatoms. The summed E-state index contributed by atoms with van der Waals surface area (Å²) < 4.78 is 0. The average Bonchev–Trinajstić information content (AvgIpc) is 1.61. The Morgan fingerprint density at radius 2 is 1.00 bits per heavy atom.